The van der Waals surface area contributed by atoms with Crippen LogP contribution in [0.2, 0.25) is 0 Å². The normalized spacial score (nSPS) is 25.7. The van der Waals surface area contributed by atoms with Crippen molar-refractivity contribution in [1.29, 1.82) is 0 Å². The highest BCUT2D eigenvalue weighted by molar-refractivity contribution is 5.37. The average molecular weight is 368 g/mol. The number of aromatic nitrogens is 2. The number of likely N-dealkylation sites (tertiary alicyclic amines) is 1. The lowest BCUT2D eigenvalue weighted by Crippen LogP contribution is -2.56. The average Bonchev–Trinajstić information content (AvgIpc) is 3.37. The standard InChI is InChI=1S/C21H28N4O2/c1-26-19-5-3-2-4-18(19)16-7-10-24(11-8-16)17-6-9-21(12-17)13-25(14-21)20-22-15-27-23-20/h2-5,15-17H,6-14H2,1H3/t17-/m1/s1. The van der Waals surface area contributed by atoms with Crippen LogP contribution in [0.4, 0.5) is 5.95 Å². The maximum atomic E-state index is 5.58. The van der Waals surface area contributed by atoms with Gasteiger partial charge in [-0.15, -0.1) is 0 Å². The highest BCUT2D eigenvalue weighted by Gasteiger charge is 2.50. The maximum absolute atomic E-state index is 5.58. The Morgan fingerprint density at radius 2 is 1.96 bits per heavy atom. The molecule has 144 valence electrons. The highest BCUT2D eigenvalue weighted by Crippen LogP contribution is 2.48. The quantitative estimate of drug-likeness (QED) is 0.825. The van der Waals surface area contributed by atoms with Gasteiger partial charge in [-0.05, 0) is 67.9 Å². The summed E-state index contributed by atoms with van der Waals surface area (Å²) in [5, 5.41) is 3.97. The lowest BCUT2D eigenvalue weighted by molar-refractivity contribution is 0.131. The van der Waals surface area contributed by atoms with Crippen molar-refractivity contribution >= 4 is 5.95 Å². The molecule has 0 amide bonds. The fraction of sp³-hybridized carbons (Fsp3) is 0.619. The number of nitrogens with zero attached hydrogens (tertiary/aromatic N) is 4. The van der Waals surface area contributed by atoms with E-state index >= 15 is 0 Å². The minimum Gasteiger partial charge on any atom is -0.496 e. The zero-order chi connectivity index (χ0) is 18.3. The molecule has 1 spiro atoms. The number of methoxy groups -OCH3 is 1. The van der Waals surface area contributed by atoms with Gasteiger partial charge in [0.15, 0.2) is 0 Å². The molecule has 0 radical (unpaired) electrons. The van der Waals surface area contributed by atoms with Crippen LogP contribution in [0.1, 0.15) is 43.6 Å². The molecular formula is C21H28N4O2. The predicted octanol–water partition coefficient (Wildman–Crippen LogP) is 3.32. The minimum atomic E-state index is 0.477. The number of anilines is 1. The molecule has 2 aliphatic heterocycles. The van der Waals surface area contributed by atoms with Crippen molar-refractivity contribution < 1.29 is 9.26 Å². The third-order valence-electron chi connectivity index (χ3n) is 6.99. The first kappa shape index (κ1) is 17.0. The van der Waals surface area contributed by atoms with Gasteiger partial charge in [-0.3, -0.25) is 0 Å². The van der Waals surface area contributed by atoms with Crippen molar-refractivity contribution in [1.82, 2.24) is 15.0 Å². The van der Waals surface area contributed by atoms with E-state index in [1.54, 1.807) is 7.11 Å². The van der Waals surface area contributed by atoms with Gasteiger partial charge in [0.2, 0.25) is 6.39 Å². The number of hydrogen-bond donors (Lipinski definition) is 0. The SMILES string of the molecule is COc1ccccc1C1CCN([C@@H]2CCC3(C2)CN(c2ncon2)C3)CC1. The number of rotatable bonds is 4. The summed E-state index contributed by atoms with van der Waals surface area (Å²) in [5.41, 5.74) is 1.86. The van der Waals surface area contributed by atoms with Crippen LogP contribution in [-0.2, 0) is 0 Å². The summed E-state index contributed by atoms with van der Waals surface area (Å²) in [5.74, 6) is 2.43. The first-order chi connectivity index (χ1) is 13.3. The second kappa shape index (κ2) is 6.82. The van der Waals surface area contributed by atoms with Crippen molar-refractivity contribution in [3.8, 4) is 5.75 Å². The summed E-state index contributed by atoms with van der Waals surface area (Å²) < 4.78 is 10.5. The van der Waals surface area contributed by atoms with E-state index in [2.05, 4.69) is 44.2 Å². The van der Waals surface area contributed by atoms with Gasteiger partial charge in [-0.1, -0.05) is 18.2 Å². The first-order valence-electron chi connectivity index (χ1n) is 10.1. The molecule has 1 aliphatic carbocycles. The van der Waals surface area contributed by atoms with Crippen LogP contribution in [0.3, 0.4) is 0 Å². The van der Waals surface area contributed by atoms with Gasteiger partial charge in [-0.25, -0.2) is 0 Å². The number of ether oxygens (including phenoxy) is 1. The molecular weight excluding hydrogens is 340 g/mol. The van der Waals surface area contributed by atoms with Crippen molar-refractivity contribution in [2.75, 3.05) is 38.2 Å². The van der Waals surface area contributed by atoms with Gasteiger partial charge in [-0.2, -0.15) is 4.98 Å². The summed E-state index contributed by atoms with van der Waals surface area (Å²) in [4.78, 5) is 9.18. The van der Waals surface area contributed by atoms with Crippen molar-refractivity contribution in [3.63, 3.8) is 0 Å². The topological polar surface area (TPSA) is 54.6 Å². The Morgan fingerprint density at radius 1 is 1.15 bits per heavy atom. The molecule has 1 saturated carbocycles. The second-order valence-corrected chi connectivity index (χ2v) is 8.54. The summed E-state index contributed by atoms with van der Waals surface area (Å²) in [6.07, 6.45) is 7.87. The molecule has 6 nitrogen and oxygen atoms in total. The molecule has 2 saturated heterocycles. The summed E-state index contributed by atoms with van der Waals surface area (Å²) in [7, 11) is 1.78. The number of piperidine rings is 1. The molecule has 1 atom stereocenters. The molecule has 27 heavy (non-hydrogen) atoms. The molecule has 6 heteroatoms. The fourth-order valence-corrected chi connectivity index (χ4v) is 5.56. The number of para-hydroxylation sites is 1. The Balaban J connectivity index is 1.16. The largest absolute Gasteiger partial charge is 0.496 e. The van der Waals surface area contributed by atoms with Gasteiger partial charge in [0, 0.05) is 24.5 Å². The fourth-order valence-electron chi connectivity index (χ4n) is 5.56. The van der Waals surface area contributed by atoms with Crippen LogP contribution < -0.4 is 9.64 Å². The zero-order valence-corrected chi connectivity index (χ0v) is 16.0. The third-order valence-corrected chi connectivity index (χ3v) is 6.99. The summed E-state index contributed by atoms with van der Waals surface area (Å²) >= 11 is 0. The van der Waals surface area contributed by atoms with Crippen molar-refractivity contribution in [2.45, 2.75) is 44.1 Å². The van der Waals surface area contributed by atoms with Crippen LogP contribution in [-0.4, -0.2) is 54.4 Å². The van der Waals surface area contributed by atoms with E-state index in [1.165, 1.54) is 57.2 Å². The first-order valence-corrected chi connectivity index (χ1v) is 10.1. The van der Waals surface area contributed by atoms with Gasteiger partial charge >= 0.3 is 0 Å². The molecule has 0 N–H and O–H groups in total. The summed E-state index contributed by atoms with van der Waals surface area (Å²) in [6.45, 7) is 4.58. The Bertz CT molecular complexity index is 764. The Kier molecular flexibility index (Phi) is 4.31. The monoisotopic (exact) mass is 368 g/mol. The van der Waals surface area contributed by atoms with Crippen LogP contribution >= 0.6 is 0 Å². The van der Waals surface area contributed by atoms with Crippen molar-refractivity contribution in [2.24, 2.45) is 5.41 Å². The van der Waals surface area contributed by atoms with Crippen LogP contribution in [0.15, 0.2) is 35.2 Å². The Hall–Kier alpha value is -2.08. The molecule has 3 aliphatic rings. The van der Waals surface area contributed by atoms with E-state index in [-0.39, 0.29) is 0 Å². The van der Waals surface area contributed by atoms with Crippen LogP contribution in [0, 0.1) is 5.41 Å². The number of benzene rings is 1. The van der Waals surface area contributed by atoms with E-state index in [1.807, 2.05) is 0 Å². The number of hydrogen-bond acceptors (Lipinski definition) is 6. The second-order valence-electron chi connectivity index (χ2n) is 8.54. The molecule has 1 aromatic heterocycles. The van der Waals surface area contributed by atoms with E-state index < -0.39 is 0 Å². The molecule has 3 fully saturated rings. The molecule has 0 unspecified atom stereocenters. The highest BCUT2D eigenvalue weighted by atomic mass is 16.5. The summed E-state index contributed by atoms with van der Waals surface area (Å²) in [6, 6.07) is 9.28. The zero-order valence-electron chi connectivity index (χ0n) is 16.0. The van der Waals surface area contributed by atoms with Gasteiger partial charge in [0.1, 0.15) is 5.75 Å². The predicted molar refractivity (Wildman–Crippen MR) is 103 cm³/mol. The molecule has 3 heterocycles. The molecule has 0 bridgehead atoms. The third kappa shape index (κ3) is 3.10. The van der Waals surface area contributed by atoms with E-state index in [0.717, 1.165) is 30.8 Å². The van der Waals surface area contributed by atoms with Gasteiger partial charge < -0.3 is 19.1 Å². The lowest BCUT2D eigenvalue weighted by atomic mass is 9.78. The van der Waals surface area contributed by atoms with E-state index in [9.17, 15) is 0 Å². The Morgan fingerprint density at radius 3 is 2.70 bits per heavy atom. The maximum Gasteiger partial charge on any atom is 0.265 e. The Labute approximate surface area is 160 Å². The van der Waals surface area contributed by atoms with Crippen LogP contribution in [0.5, 0.6) is 5.75 Å². The van der Waals surface area contributed by atoms with E-state index in [4.69, 9.17) is 9.26 Å². The molecule has 1 aromatic carbocycles. The van der Waals surface area contributed by atoms with E-state index in [0.29, 0.717) is 11.3 Å². The molecule has 2 aromatic rings. The molecule has 5 rings (SSSR count). The minimum absolute atomic E-state index is 0.477. The lowest BCUT2D eigenvalue weighted by Gasteiger charge is -2.48. The van der Waals surface area contributed by atoms with Crippen molar-refractivity contribution in [3.05, 3.63) is 36.2 Å². The van der Waals surface area contributed by atoms with Gasteiger partial charge in [0.05, 0.1) is 7.11 Å². The van der Waals surface area contributed by atoms with Crippen LogP contribution in [0.25, 0.3) is 0 Å². The smallest absolute Gasteiger partial charge is 0.265 e. The van der Waals surface area contributed by atoms with Gasteiger partial charge in [0.25, 0.3) is 5.95 Å².